The molecule has 1 rings (SSSR count). The summed E-state index contributed by atoms with van der Waals surface area (Å²) in [6.45, 7) is 6.00. The molecule has 1 aromatic heterocycles. The number of anilines is 1. The Morgan fingerprint density at radius 2 is 2.33 bits per heavy atom. The van der Waals surface area contributed by atoms with Gasteiger partial charge in [-0.05, 0) is 25.6 Å². The molecule has 0 aliphatic heterocycles. The van der Waals surface area contributed by atoms with E-state index in [1.165, 1.54) is 6.42 Å². The molecule has 0 unspecified atom stereocenters. The summed E-state index contributed by atoms with van der Waals surface area (Å²) in [6, 6.07) is 0. The molecule has 0 amide bonds. The van der Waals surface area contributed by atoms with Crippen LogP contribution in [0.25, 0.3) is 0 Å². The molecule has 0 saturated heterocycles. The van der Waals surface area contributed by atoms with Gasteiger partial charge in [-0.15, -0.1) is 0 Å². The monoisotopic (exact) mass is 226 g/mol. The predicted octanol–water partition coefficient (Wildman–Crippen LogP) is 1.99. The SMILES string of the molecule is CCCCNC(=S)Nc1cnn(CC)c1. The Hall–Kier alpha value is -1.10. The number of rotatable bonds is 5. The molecule has 0 aliphatic rings. The van der Waals surface area contributed by atoms with Gasteiger partial charge in [0.2, 0.25) is 0 Å². The first kappa shape index (κ1) is 12.0. The molecule has 2 N–H and O–H groups in total. The van der Waals surface area contributed by atoms with E-state index < -0.39 is 0 Å². The Labute approximate surface area is 96.1 Å². The maximum atomic E-state index is 5.14. The summed E-state index contributed by atoms with van der Waals surface area (Å²) in [5.41, 5.74) is 0.936. The summed E-state index contributed by atoms with van der Waals surface area (Å²) < 4.78 is 1.86. The first-order valence-electron chi connectivity index (χ1n) is 5.33. The first-order chi connectivity index (χ1) is 7.26. The Balaban J connectivity index is 2.31. The van der Waals surface area contributed by atoms with Crippen LogP contribution in [0, 0.1) is 0 Å². The normalized spacial score (nSPS) is 10.0. The van der Waals surface area contributed by atoms with Crippen molar-refractivity contribution >= 4 is 23.0 Å². The van der Waals surface area contributed by atoms with Crippen LogP contribution in [0.4, 0.5) is 5.69 Å². The van der Waals surface area contributed by atoms with Crippen molar-refractivity contribution in [3.63, 3.8) is 0 Å². The molecule has 0 bridgehead atoms. The number of aromatic nitrogens is 2. The molecule has 4 nitrogen and oxygen atoms in total. The van der Waals surface area contributed by atoms with Crippen molar-refractivity contribution < 1.29 is 0 Å². The van der Waals surface area contributed by atoms with E-state index in [1.807, 2.05) is 10.9 Å². The van der Waals surface area contributed by atoms with Crippen molar-refractivity contribution in [2.24, 2.45) is 0 Å². The largest absolute Gasteiger partial charge is 0.362 e. The number of aryl methyl sites for hydroxylation is 1. The molecule has 1 aromatic rings. The second-order valence-corrected chi connectivity index (χ2v) is 3.73. The van der Waals surface area contributed by atoms with E-state index in [9.17, 15) is 0 Å². The maximum Gasteiger partial charge on any atom is 0.170 e. The average molecular weight is 226 g/mol. The van der Waals surface area contributed by atoms with Crippen LogP contribution < -0.4 is 10.6 Å². The second-order valence-electron chi connectivity index (χ2n) is 3.32. The summed E-state index contributed by atoms with van der Waals surface area (Å²) in [7, 11) is 0. The molecule has 0 spiro atoms. The average Bonchev–Trinajstić information content (AvgIpc) is 2.66. The molecular formula is C10H18N4S. The number of unbranched alkanes of at least 4 members (excludes halogenated alkanes) is 1. The van der Waals surface area contributed by atoms with Crippen molar-refractivity contribution in [1.29, 1.82) is 0 Å². The first-order valence-corrected chi connectivity index (χ1v) is 5.74. The van der Waals surface area contributed by atoms with Crippen LogP contribution in [0.5, 0.6) is 0 Å². The number of hydrogen-bond acceptors (Lipinski definition) is 2. The Kier molecular flexibility index (Phi) is 5.10. The third-order valence-electron chi connectivity index (χ3n) is 2.03. The van der Waals surface area contributed by atoms with E-state index in [0.717, 1.165) is 25.2 Å². The summed E-state index contributed by atoms with van der Waals surface area (Å²) in [5, 5.41) is 11.1. The third-order valence-corrected chi connectivity index (χ3v) is 2.28. The van der Waals surface area contributed by atoms with E-state index in [1.54, 1.807) is 6.20 Å². The quantitative estimate of drug-likeness (QED) is 0.595. The maximum absolute atomic E-state index is 5.14. The van der Waals surface area contributed by atoms with Crippen molar-refractivity contribution in [3.05, 3.63) is 12.4 Å². The lowest BCUT2D eigenvalue weighted by atomic mass is 10.3. The van der Waals surface area contributed by atoms with Crippen molar-refractivity contribution in [2.75, 3.05) is 11.9 Å². The van der Waals surface area contributed by atoms with Gasteiger partial charge < -0.3 is 10.6 Å². The highest BCUT2D eigenvalue weighted by molar-refractivity contribution is 7.80. The summed E-state index contributed by atoms with van der Waals surface area (Å²) in [4.78, 5) is 0. The number of nitrogens with zero attached hydrogens (tertiary/aromatic N) is 2. The summed E-state index contributed by atoms with van der Waals surface area (Å²) in [5.74, 6) is 0. The molecule has 0 aliphatic carbocycles. The fourth-order valence-corrected chi connectivity index (χ4v) is 1.37. The minimum absolute atomic E-state index is 0.666. The van der Waals surface area contributed by atoms with Crippen molar-refractivity contribution in [1.82, 2.24) is 15.1 Å². The summed E-state index contributed by atoms with van der Waals surface area (Å²) in [6.07, 6.45) is 6.02. The van der Waals surface area contributed by atoms with Gasteiger partial charge in [-0.3, -0.25) is 4.68 Å². The molecule has 0 radical (unpaired) electrons. The highest BCUT2D eigenvalue weighted by atomic mass is 32.1. The second kappa shape index (κ2) is 6.40. The molecule has 0 atom stereocenters. The molecular weight excluding hydrogens is 208 g/mol. The molecule has 84 valence electrons. The zero-order chi connectivity index (χ0) is 11.1. The molecule has 5 heteroatoms. The van der Waals surface area contributed by atoms with Gasteiger partial charge in [-0.2, -0.15) is 5.10 Å². The predicted molar refractivity (Wildman–Crippen MR) is 67.0 cm³/mol. The van der Waals surface area contributed by atoms with Gasteiger partial charge in [0.25, 0.3) is 0 Å². The van der Waals surface area contributed by atoms with Gasteiger partial charge in [0.05, 0.1) is 11.9 Å². The number of nitrogens with one attached hydrogen (secondary N) is 2. The van der Waals surface area contributed by atoms with Crippen LogP contribution in [-0.2, 0) is 6.54 Å². The van der Waals surface area contributed by atoms with Crippen LogP contribution in [0.2, 0.25) is 0 Å². The molecule has 0 saturated carbocycles. The Bertz CT molecular complexity index is 308. The lowest BCUT2D eigenvalue weighted by Crippen LogP contribution is -2.28. The zero-order valence-corrected chi connectivity index (χ0v) is 10.1. The van der Waals surface area contributed by atoms with Crippen LogP contribution >= 0.6 is 12.2 Å². The Morgan fingerprint density at radius 3 is 2.93 bits per heavy atom. The van der Waals surface area contributed by atoms with E-state index in [4.69, 9.17) is 12.2 Å². The van der Waals surface area contributed by atoms with Gasteiger partial charge in [0, 0.05) is 19.3 Å². The van der Waals surface area contributed by atoms with Gasteiger partial charge in [-0.1, -0.05) is 13.3 Å². The minimum Gasteiger partial charge on any atom is -0.362 e. The number of hydrogen-bond donors (Lipinski definition) is 2. The molecule has 15 heavy (non-hydrogen) atoms. The summed E-state index contributed by atoms with van der Waals surface area (Å²) >= 11 is 5.14. The van der Waals surface area contributed by atoms with E-state index in [0.29, 0.717) is 5.11 Å². The van der Waals surface area contributed by atoms with Crippen LogP contribution in [-0.4, -0.2) is 21.4 Å². The van der Waals surface area contributed by atoms with E-state index >= 15 is 0 Å². The molecule has 1 heterocycles. The van der Waals surface area contributed by atoms with Gasteiger partial charge in [0.15, 0.2) is 5.11 Å². The zero-order valence-electron chi connectivity index (χ0n) is 9.29. The van der Waals surface area contributed by atoms with Gasteiger partial charge >= 0.3 is 0 Å². The fourth-order valence-electron chi connectivity index (χ4n) is 1.16. The van der Waals surface area contributed by atoms with E-state index in [2.05, 4.69) is 29.6 Å². The smallest absolute Gasteiger partial charge is 0.170 e. The molecule has 0 aromatic carbocycles. The number of thiocarbonyl (C=S) groups is 1. The van der Waals surface area contributed by atoms with Crippen LogP contribution in [0.15, 0.2) is 12.4 Å². The standard InChI is InChI=1S/C10H18N4S/c1-3-5-6-11-10(15)13-9-7-12-14(4-2)8-9/h7-8H,3-6H2,1-2H3,(H2,11,13,15). The van der Waals surface area contributed by atoms with Gasteiger partial charge in [-0.25, -0.2) is 0 Å². The molecule has 0 fully saturated rings. The highest BCUT2D eigenvalue weighted by Gasteiger charge is 1.99. The van der Waals surface area contributed by atoms with Crippen LogP contribution in [0.3, 0.4) is 0 Å². The van der Waals surface area contributed by atoms with Crippen molar-refractivity contribution in [3.8, 4) is 0 Å². The lowest BCUT2D eigenvalue weighted by molar-refractivity contribution is 0.660. The van der Waals surface area contributed by atoms with E-state index in [-0.39, 0.29) is 0 Å². The highest BCUT2D eigenvalue weighted by Crippen LogP contribution is 2.03. The Morgan fingerprint density at radius 1 is 1.53 bits per heavy atom. The topological polar surface area (TPSA) is 41.9 Å². The van der Waals surface area contributed by atoms with Gasteiger partial charge in [0.1, 0.15) is 0 Å². The fraction of sp³-hybridized carbons (Fsp3) is 0.600. The lowest BCUT2D eigenvalue weighted by Gasteiger charge is -2.07. The van der Waals surface area contributed by atoms with Crippen molar-refractivity contribution in [2.45, 2.75) is 33.2 Å². The third kappa shape index (κ3) is 4.29. The van der Waals surface area contributed by atoms with Crippen LogP contribution in [0.1, 0.15) is 26.7 Å². The minimum atomic E-state index is 0.666.